The lowest BCUT2D eigenvalue weighted by atomic mass is 9.83. The molecule has 4 fully saturated rings. The SMILES string of the molecule is COC1CNCC(C(=O)OC2CCCOC3CC(CC(OC)C3OC)C(=O)OCCCN3CCCN(CC2)CC3)C1. The zero-order valence-corrected chi connectivity index (χ0v) is 25.4. The van der Waals surface area contributed by atoms with Crippen LogP contribution >= 0.6 is 0 Å². The number of methoxy groups -OCH3 is 3. The first-order valence-corrected chi connectivity index (χ1v) is 15.7. The van der Waals surface area contributed by atoms with Gasteiger partial charge in [-0.25, -0.2) is 0 Å². The second-order valence-corrected chi connectivity index (χ2v) is 12.0. The van der Waals surface area contributed by atoms with Crippen molar-refractivity contribution in [3.8, 4) is 0 Å². The fourth-order valence-corrected chi connectivity index (χ4v) is 6.76. The van der Waals surface area contributed by atoms with E-state index in [1.54, 1.807) is 21.3 Å². The Morgan fingerprint density at radius 2 is 1.59 bits per heavy atom. The maximum absolute atomic E-state index is 13.2. The number of nitrogens with zero attached hydrogens (tertiary/aromatic N) is 2. The molecule has 3 aliphatic heterocycles. The van der Waals surface area contributed by atoms with Crippen LogP contribution < -0.4 is 5.32 Å². The Morgan fingerprint density at radius 3 is 2.34 bits per heavy atom. The molecule has 0 spiro atoms. The molecule has 0 aromatic carbocycles. The number of piperidine rings is 1. The smallest absolute Gasteiger partial charge is 0.310 e. The summed E-state index contributed by atoms with van der Waals surface area (Å²) in [5.74, 6) is -0.781. The summed E-state index contributed by atoms with van der Waals surface area (Å²) in [7, 11) is 5.01. The van der Waals surface area contributed by atoms with E-state index >= 15 is 0 Å². The van der Waals surface area contributed by atoms with Gasteiger partial charge in [0, 0.05) is 67.2 Å². The number of ether oxygens (including phenoxy) is 6. The molecule has 11 heteroatoms. The highest BCUT2D eigenvalue weighted by atomic mass is 16.6. The third-order valence-corrected chi connectivity index (χ3v) is 9.25. The zero-order valence-electron chi connectivity index (χ0n) is 25.4. The summed E-state index contributed by atoms with van der Waals surface area (Å²) in [4.78, 5) is 31.1. The third kappa shape index (κ3) is 9.84. The second-order valence-electron chi connectivity index (χ2n) is 12.0. The van der Waals surface area contributed by atoms with Crippen molar-refractivity contribution < 1.29 is 38.0 Å². The molecule has 4 aliphatic rings. The number of fused-ring (bicyclic) bond motifs is 5. The van der Waals surface area contributed by atoms with E-state index in [9.17, 15) is 9.59 Å². The zero-order chi connectivity index (χ0) is 29.0. The van der Waals surface area contributed by atoms with Crippen molar-refractivity contribution in [1.29, 1.82) is 0 Å². The highest BCUT2D eigenvalue weighted by Gasteiger charge is 2.42. The van der Waals surface area contributed by atoms with Crippen LogP contribution in [0.15, 0.2) is 0 Å². The molecule has 3 saturated heterocycles. The predicted molar refractivity (Wildman–Crippen MR) is 153 cm³/mol. The van der Waals surface area contributed by atoms with Crippen molar-refractivity contribution in [2.45, 2.75) is 81.9 Å². The molecule has 1 aliphatic carbocycles. The Kier molecular flexibility index (Phi) is 13.6. The first kappa shape index (κ1) is 32.6. The van der Waals surface area contributed by atoms with E-state index in [0.717, 1.165) is 77.9 Å². The predicted octanol–water partition coefficient (Wildman–Crippen LogP) is 1.47. The Hall–Kier alpha value is -1.34. The van der Waals surface area contributed by atoms with Gasteiger partial charge in [0.25, 0.3) is 0 Å². The van der Waals surface area contributed by atoms with Gasteiger partial charge in [0.2, 0.25) is 0 Å². The molecule has 9 unspecified atom stereocenters. The van der Waals surface area contributed by atoms with E-state index in [4.69, 9.17) is 28.4 Å². The van der Waals surface area contributed by atoms with Gasteiger partial charge in [-0.3, -0.25) is 9.59 Å². The van der Waals surface area contributed by atoms with Gasteiger partial charge in [-0.1, -0.05) is 0 Å². The summed E-state index contributed by atoms with van der Waals surface area (Å²) in [6, 6.07) is 0. The quantitative estimate of drug-likeness (QED) is 0.476. The van der Waals surface area contributed by atoms with Gasteiger partial charge in [0.1, 0.15) is 12.2 Å². The van der Waals surface area contributed by atoms with Crippen molar-refractivity contribution in [2.24, 2.45) is 11.8 Å². The fraction of sp³-hybridized carbons (Fsp3) is 0.933. The molecule has 1 N–H and O–H groups in total. The second kappa shape index (κ2) is 17.1. The number of hydrogen-bond acceptors (Lipinski definition) is 11. The molecule has 236 valence electrons. The lowest BCUT2D eigenvalue weighted by molar-refractivity contribution is -0.172. The van der Waals surface area contributed by atoms with Crippen LogP contribution in [0.2, 0.25) is 0 Å². The Balaban J connectivity index is 1.41. The molecule has 1 saturated carbocycles. The van der Waals surface area contributed by atoms with Gasteiger partial charge in [-0.2, -0.15) is 0 Å². The molecule has 0 amide bonds. The van der Waals surface area contributed by atoms with Crippen LogP contribution in [0.3, 0.4) is 0 Å². The molecule has 11 nitrogen and oxygen atoms in total. The molecule has 0 radical (unpaired) electrons. The van der Waals surface area contributed by atoms with Gasteiger partial charge in [0.15, 0.2) is 0 Å². The summed E-state index contributed by atoms with van der Waals surface area (Å²) in [6.45, 7) is 8.21. The minimum absolute atomic E-state index is 0.0329. The molecule has 41 heavy (non-hydrogen) atoms. The molecule has 3 heterocycles. The normalized spacial score (nSPS) is 38.5. The number of hydrogen-bond donors (Lipinski definition) is 1. The maximum Gasteiger partial charge on any atom is 0.310 e. The number of cyclic esters (lactones) is 1. The lowest BCUT2D eigenvalue weighted by Gasteiger charge is -2.39. The summed E-state index contributed by atoms with van der Waals surface area (Å²) >= 11 is 0. The molecule has 0 aromatic rings. The summed E-state index contributed by atoms with van der Waals surface area (Å²) in [6.07, 6.45) is 5.10. The van der Waals surface area contributed by atoms with Gasteiger partial charge in [-0.05, 0) is 64.5 Å². The largest absolute Gasteiger partial charge is 0.465 e. The van der Waals surface area contributed by atoms with E-state index in [-0.39, 0.29) is 54.3 Å². The Labute approximate surface area is 245 Å². The number of nitrogens with one attached hydrogen (secondary N) is 1. The highest BCUT2D eigenvalue weighted by Crippen LogP contribution is 2.32. The van der Waals surface area contributed by atoms with E-state index < -0.39 is 0 Å². The number of carbonyl (C=O) groups is 2. The minimum Gasteiger partial charge on any atom is -0.465 e. The van der Waals surface area contributed by atoms with Crippen LogP contribution in [0.1, 0.15) is 51.4 Å². The van der Waals surface area contributed by atoms with Crippen molar-refractivity contribution in [3.05, 3.63) is 0 Å². The summed E-state index contributed by atoms with van der Waals surface area (Å²) in [5.41, 5.74) is 0. The molecular weight excluding hydrogens is 530 g/mol. The lowest BCUT2D eigenvalue weighted by Crippen LogP contribution is -2.49. The molecule has 0 aromatic heterocycles. The number of rotatable bonds is 5. The summed E-state index contributed by atoms with van der Waals surface area (Å²) in [5, 5.41) is 3.30. The van der Waals surface area contributed by atoms with Crippen LogP contribution in [0.5, 0.6) is 0 Å². The number of carbonyl (C=O) groups excluding carboxylic acids is 2. The van der Waals surface area contributed by atoms with E-state index in [1.165, 1.54) is 0 Å². The molecular formula is C30H53N3O8. The molecule has 4 rings (SSSR count). The van der Waals surface area contributed by atoms with Crippen LogP contribution in [0.25, 0.3) is 0 Å². The monoisotopic (exact) mass is 583 g/mol. The first-order chi connectivity index (χ1) is 20.0. The van der Waals surface area contributed by atoms with Gasteiger partial charge >= 0.3 is 11.9 Å². The average Bonchev–Trinajstić information content (AvgIpc) is 3.23. The Morgan fingerprint density at radius 1 is 0.805 bits per heavy atom. The van der Waals surface area contributed by atoms with Crippen molar-refractivity contribution in [3.63, 3.8) is 0 Å². The topological polar surface area (TPSA) is 108 Å². The minimum atomic E-state index is -0.279. The average molecular weight is 584 g/mol. The number of esters is 2. The van der Waals surface area contributed by atoms with E-state index in [0.29, 0.717) is 39.0 Å². The fourth-order valence-electron chi connectivity index (χ4n) is 6.76. The maximum atomic E-state index is 13.2. The van der Waals surface area contributed by atoms with Crippen molar-refractivity contribution >= 4 is 11.9 Å². The van der Waals surface area contributed by atoms with Gasteiger partial charge in [0.05, 0.1) is 36.8 Å². The molecule has 9 atom stereocenters. The third-order valence-electron chi connectivity index (χ3n) is 9.25. The van der Waals surface area contributed by atoms with Crippen molar-refractivity contribution in [2.75, 3.05) is 86.9 Å². The van der Waals surface area contributed by atoms with Crippen LogP contribution in [-0.4, -0.2) is 139 Å². The summed E-state index contributed by atoms with van der Waals surface area (Å²) < 4.78 is 35.2. The van der Waals surface area contributed by atoms with Gasteiger partial charge in [-0.15, -0.1) is 0 Å². The standard InChI is InChI=1S/C30H53N3O8/c1-36-25-17-23(20-31-21-25)30(35)41-24-7-4-15-39-27-19-22(18-26(37-2)28(27)38-3)29(34)40-16-6-11-32-9-5-10-33(12-8-24)14-13-32/h22-28,31H,4-21H2,1-3H3. The first-order valence-electron chi connectivity index (χ1n) is 15.7. The van der Waals surface area contributed by atoms with E-state index in [1.807, 2.05) is 0 Å². The van der Waals surface area contributed by atoms with Crippen LogP contribution in [0, 0.1) is 11.8 Å². The molecule has 4 bridgehead atoms. The van der Waals surface area contributed by atoms with Crippen molar-refractivity contribution in [1.82, 2.24) is 15.1 Å². The van der Waals surface area contributed by atoms with Crippen LogP contribution in [0.4, 0.5) is 0 Å². The van der Waals surface area contributed by atoms with Gasteiger partial charge < -0.3 is 43.5 Å². The van der Waals surface area contributed by atoms with Crippen LogP contribution in [-0.2, 0) is 38.0 Å². The highest BCUT2D eigenvalue weighted by molar-refractivity contribution is 5.73. The van der Waals surface area contributed by atoms with E-state index in [2.05, 4.69) is 15.1 Å². The Bertz CT molecular complexity index is 804.